The molecule has 3 aliphatic carbocycles. The lowest BCUT2D eigenvalue weighted by Crippen LogP contribution is -2.56. The number of esters is 2. The van der Waals surface area contributed by atoms with Crippen LogP contribution >= 0.6 is 11.3 Å². The summed E-state index contributed by atoms with van der Waals surface area (Å²) < 4.78 is 11.1. The van der Waals surface area contributed by atoms with Crippen molar-refractivity contribution in [1.82, 2.24) is 0 Å². The molecular weight excluding hydrogens is 450 g/mol. The summed E-state index contributed by atoms with van der Waals surface area (Å²) in [6.45, 7) is 8.45. The average Bonchev–Trinajstić information content (AvgIpc) is 3.41. The maximum atomic E-state index is 12.0. The molecule has 6 nitrogen and oxygen atoms in total. The van der Waals surface area contributed by atoms with Crippen molar-refractivity contribution in [2.24, 2.45) is 40.2 Å². The Hall–Kier alpha value is -1.44. The van der Waals surface area contributed by atoms with Crippen LogP contribution in [0.2, 0.25) is 0 Å². The fourth-order valence-electron chi connectivity index (χ4n) is 8.06. The first kappa shape index (κ1) is 25.6. The summed E-state index contributed by atoms with van der Waals surface area (Å²) in [5.74, 6) is 0.589. The Labute approximate surface area is 207 Å². The minimum absolute atomic E-state index is 0.0683. The highest BCUT2D eigenvalue weighted by Gasteiger charge is 2.64. The molecule has 0 aromatic carbocycles. The first-order valence-electron chi connectivity index (χ1n) is 12.8. The van der Waals surface area contributed by atoms with Crippen LogP contribution in [0, 0.1) is 34.5 Å². The fourth-order valence-corrected chi connectivity index (χ4v) is 9.05. The van der Waals surface area contributed by atoms with Crippen molar-refractivity contribution in [3.63, 3.8) is 0 Å². The third kappa shape index (κ3) is 4.22. The molecule has 3 fully saturated rings. The molecule has 1 heterocycles. The van der Waals surface area contributed by atoms with E-state index < -0.39 is 5.60 Å². The van der Waals surface area contributed by atoms with Gasteiger partial charge in [0.1, 0.15) is 11.7 Å². The number of ether oxygens (including phenoxy) is 2. The molecule has 190 valence electrons. The number of rotatable bonds is 6. The van der Waals surface area contributed by atoms with Gasteiger partial charge in [0.2, 0.25) is 0 Å². The van der Waals surface area contributed by atoms with E-state index in [4.69, 9.17) is 15.2 Å². The molecule has 0 radical (unpaired) electrons. The molecule has 3 saturated carbocycles. The highest BCUT2D eigenvalue weighted by atomic mass is 32.1. The van der Waals surface area contributed by atoms with Gasteiger partial charge in [-0.05, 0) is 86.1 Å². The minimum Gasteiger partial charge on any atom is -0.466 e. The standard InChI is InChI=1S/C27H41NO5S/c1-17(29)32-16-19-14-20(33-18(2)30)7-10-25(19,3)22-8-11-26(4)23(21(22)15-28)9-12-27(26,31)24-6-5-13-34-24/h5-6,13,19-23,31H,7-12,14-16,28H2,1-4H3. The average molecular weight is 492 g/mol. The molecule has 34 heavy (non-hydrogen) atoms. The van der Waals surface area contributed by atoms with E-state index in [0.717, 1.165) is 43.4 Å². The van der Waals surface area contributed by atoms with Crippen LogP contribution in [0.15, 0.2) is 17.5 Å². The number of carbonyl (C=O) groups excluding carboxylic acids is 2. The molecule has 0 bridgehead atoms. The lowest BCUT2D eigenvalue weighted by Gasteiger charge is -2.58. The molecule has 3 N–H and O–H groups in total. The number of aliphatic hydroxyl groups is 1. The quantitative estimate of drug-likeness (QED) is 0.563. The van der Waals surface area contributed by atoms with Crippen LogP contribution in [-0.2, 0) is 24.7 Å². The highest BCUT2D eigenvalue weighted by Crippen LogP contribution is 2.67. The summed E-state index contributed by atoms with van der Waals surface area (Å²) in [4.78, 5) is 24.4. The fraction of sp³-hybridized carbons (Fsp3) is 0.778. The Morgan fingerprint density at radius 3 is 2.47 bits per heavy atom. The van der Waals surface area contributed by atoms with E-state index in [1.807, 2.05) is 6.07 Å². The predicted octanol–water partition coefficient (Wildman–Crippen LogP) is 4.64. The molecule has 1 aromatic heterocycles. The SMILES string of the molecule is CC(=O)OCC1CC(OC(C)=O)CCC1(C)C1CCC2(C)C(CCC2(O)c2cccs2)C1CN. The first-order valence-corrected chi connectivity index (χ1v) is 13.7. The monoisotopic (exact) mass is 491 g/mol. The van der Waals surface area contributed by atoms with Gasteiger partial charge >= 0.3 is 11.9 Å². The third-order valence-electron chi connectivity index (χ3n) is 9.94. The number of thiophene rings is 1. The van der Waals surface area contributed by atoms with Gasteiger partial charge < -0.3 is 20.3 Å². The van der Waals surface area contributed by atoms with Crippen LogP contribution in [0.5, 0.6) is 0 Å². The predicted molar refractivity (Wildman–Crippen MR) is 132 cm³/mol. The van der Waals surface area contributed by atoms with Gasteiger partial charge in [-0.3, -0.25) is 9.59 Å². The maximum absolute atomic E-state index is 12.0. The zero-order chi connectivity index (χ0) is 24.7. The molecule has 3 aliphatic rings. The normalized spacial score (nSPS) is 42.1. The molecular formula is C27H41NO5S. The van der Waals surface area contributed by atoms with Crippen LogP contribution in [0.3, 0.4) is 0 Å². The van der Waals surface area contributed by atoms with Gasteiger partial charge in [0.25, 0.3) is 0 Å². The van der Waals surface area contributed by atoms with Crippen molar-refractivity contribution in [3.8, 4) is 0 Å². The largest absolute Gasteiger partial charge is 0.466 e. The van der Waals surface area contributed by atoms with Gasteiger partial charge in [0, 0.05) is 30.1 Å². The third-order valence-corrected chi connectivity index (χ3v) is 11.0. The Kier molecular flexibility index (Phi) is 7.20. The van der Waals surface area contributed by atoms with E-state index in [-0.39, 0.29) is 34.8 Å². The minimum atomic E-state index is -0.796. The summed E-state index contributed by atoms with van der Waals surface area (Å²) in [6, 6.07) is 4.11. The van der Waals surface area contributed by atoms with Gasteiger partial charge in [-0.2, -0.15) is 0 Å². The second kappa shape index (κ2) is 9.55. The van der Waals surface area contributed by atoms with Crippen molar-refractivity contribution >= 4 is 23.3 Å². The molecule has 8 atom stereocenters. The van der Waals surface area contributed by atoms with Gasteiger partial charge in [-0.25, -0.2) is 0 Å². The van der Waals surface area contributed by atoms with E-state index in [1.165, 1.54) is 13.8 Å². The maximum Gasteiger partial charge on any atom is 0.302 e. The molecule has 1 aromatic rings. The van der Waals surface area contributed by atoms with Crippen LogP contribution in [-0.4, -0.2) is 36.3 Å². The first-order chi connectivity index (χ1) is 16.0. The Bertz CT molecular complexity index is 890. The Morgan fingerprint density at radius 2 is 1.85 bits per heavy atom. The van der Waals surface area contributed by atoms with E-state index in [9.17, 15) is 14.7 Å². The number of hydrogen-bond acceptors (Lipinski definition) is 7. The van der Waals surface area contributed by atoms with Crippen molar-refractivity contribution < 1.29 is 24.2 Å². The second-order valence-corrected chi connectivity index (χ2v) is 12.4. The molecule has 0 spiro atoms. The van der Waals surface area contributed by atoms with E-state index in [2.05, 4.69) is 25.3 Å². The van der Waals surface area contributed by atoms with E-state index in [0.29, 0.717) is 37.3 Å². The van der Waals surface area contributed by atoms with E-state index >= 15 is 0 Å². The number of hydrogen-bond donors (Lipinski definition) is 2. The molecule has 0 saturated heterocycles. The zero-order valence-electron chi connectivity index (χ0n) is 21.0. The molecule has 0 amide bonds. The topological polar surface area (TPSA) is 98.8 Å². The summed E-state index contributed by atoms with van der Waals surface area (Å²) in [6.07, 6.45) is 6.01. The molecule has 4 rings (SSSR count). The molecule has 8 unspecified atom stereocenters. The highest BCUT2D eigenvalue weighted by molar-refractivity contribution is 7.10. The van der Waals surface area contributed by atoms with Crippen LogP contribution < -0.4 is 5.73 Å². The smallest absolute Gasteiger partial charge is 0.302 e. The lowest BCUT2D eigenvalue weighted by atomic mass is 9.48. The lowest BCUT2D eigenvalue weighted by molar-refractivity contribution is -0.166. The van der Waals surface area contributed by atoms with Crippen molar-refractivity contribution in [2.45, 2.75) is 84.3 Å². The summed E-state index contributed by atoms with van der Waals surface area (Å²) in [7, 11) is 0. The summed E-state index contributed by atoms with van der Waals surface area (Å²) >= 11 is 1.65. The Morgan fingerprint density at radius 1 is 1.12 bits per heavy atom. The van der Waals surface area contributed by atoms with Crippen LogP contribution in [0.1, 0.15) is 77.5 Å². The summed E-state index contributed by atoms with van der Waals surface area (Å²) in [5.41, 5.74) is 5.44. The number of nitrogens with two attached hydrogens (primary N) is 1. The van der Waals surface area contributed by atoms with Crippen molar-refractivity contribution in [2.75, 3.05) is 13.2 Å². The van der Waals surface area contributed by atoms with Crippen molar-refractivity contribution in [1.29, 1.82) is 0 Å². The van der Waals surface area contributed by atoms with Crippen LogP contribution in [0.4, 0.5) is 0 Å². The second-order valence-electron chi connectivity index (χ2n) is 11.5. The van der Waals surface area contributed by atoms with Crippen LogP contribution in [0.25, 0.3) is 0 Å². The number of carbonyl (C=O) groups is 2. The molecule has 7 heteroatoms. The van der Waals surface area contributed by atoms with Gasteiger partial charge in [0.05, 0.1) is 6.61 Å². The van der Waals surface area contributed by atoms with Gasteiger partial charge in [0.15, 0.2) is 0 Å². The van der Waals surface area contributed by atoms with E-state index in [1.54, 1.807) is 11.3 Å². The molecule has 0 aliphatic heterocycles. The number of fused-ring (bicyclic) bond motifs is 1. The van der Waals surface area contributed by atoms with Gasteiger partial charge in [-0.1, -0.05) is 19.9 Å². The summed E-state index contributed by atoms with van der Waals surface area (Å²) in [5, 5.41) is 14.0. The van der Waals surface area contributed by atoms with Crippen molar-refractivity contribution in [3.05, 3.63) is 22.4 Å². The van der Waals surface area contributed by atoms with Gasteiger partial charge in [-0.15, -0.1) is 11.3 Å². The Balaban J connectivity index is 1.61. The zero-order valence-corrected chi connectivity index (χ0v) is 21.9.